The van der Waals surface area contributed by atoms with E-state index < -0.39 is 23.6 Å². The summed E-state index contributed by atoms with van der Waals surface area (Å²) in [4.78, 5) is 34.1. The molecule has 7 heteroatoms. The third-order valence-corrected chi connectivity index (χ3v) is 2.41. The Bertz CT molecular complexity index is 497. The van der Waals surface area contributed by atoms with E-state index in [0.29, 0.717) is 0 Å². The van der Waals surface area contributed by atoms with Crippen LogP contribution in [-0.2, 0) is 30.4 Å². The van der Waals surface area contributed by atoms with Gasteiger partial charge in [-0.2, -0.15) is 0 Å². The molecule has 0 aliphatic rings. The summed E-state index contributed by atoms with van der Waals surface area (Å²) in [6.45, 7) is 1.01. The Labute approximate surface area is 115 Å². The predicted molar refractivity (Wildman–Crippen MR) is 67.3 cm³/mol. The van der Waals surface area contributed by atoms with E-state index in [2.05, 4.69) is 9.47 Å². The molecular formula is C13H15NO6. The molecule has 1 rings (SSSR count). The number of hydrogen-bond acceptors (Lipinski definition) is 7. The van der Waals surface area contributed by atoms with Gasteiger partial charge in [0, 0.05) is 0 Å². The molecule has 0 aliphatic carbocycles. The second kappa shape index (κ2) is 6.67. The van der Waals surface area contributed by atoms with Gasteiger partial charge < -0.3 is 19.9 Å². The van der Waals surface area contributed by atoms with Crippen LogP contribution in [0.3, 0.4) is 0 Å². The van der Waals surface area contributed by atoms with E-state index in [4.69, 9.17) is 10.5 Å². The first-order chi connectivity index (χ1) is 9.37. The van der Waals surface area contributed by atoms with Crippen molar-refractivity contribution in [1.82, 2.24) is 0 Å². The molecule has 108 valence electrons. The highest BCUT2D eigenvalue weighted by molar-refractivity contribution is 6.06. The summed E-state index contributed by atoms with van der Waals surface area (Å²) in [5, 5.41) is 0. The Morgan fingerprint density at radius 3 is 2.30 bits per heavy atom. The lowest BCUT2D eigenvalue weighted by atomic mass is 10.1. The fourth-order valence-corrected chi connectivity index (χ4v) is 1.22. The van der Waals surface area contributed by atoms with Crippen molar-refractivity contribution in [2.24, 2.45) is 5.73 Å². The average Bonchev–Trinajstić information content (AvgIpc) is 2.45. The Balaban J connectivity index is 2.50. The quantitative estimate of drug-likeness (QED) is 0.641. The molecule has 0 aromatic heterocycles. The van der Waals surface area contributed by atoms with Gasteiger partial charge in [0.2, 0.25) is 5.54 Å². The number of nitrogens with two attached hydrogens (primary N) is 1. The third-order valence-electron chi connectivity index (χ3n) is 2.41. The lowest BCUT2D eigenvalue weighted by Crippen LogP contribution is -2.54. The van der Waals surface area contributed by atoms with Gasteiger partial charge in [0.15, 0.2) is 0 Å². The summed E-state index contributed by atoms with van der Waals surface area (Å²) in [7, 11) is 1.06. The van der Waals surface area contributed by atoms with E-state index in [1.54, 1.807) is 24.3 Å². The smallest absolute Gasteiger partial charge is 0.467 e. The topological polar surface area (TPSA) is 105 Å². The van der Waals surface area contributed by atoms with Crippen LogP contribution < -0.4 is 5.73 Å². The Morgan fingerprint density at radius 2 is 1.75 bits per heavy atom. The zero-order chi connectivity index (χ0) is 15.2. The van der Waals surface area contributed by atoms with Crippen molar-refractivity contribution in [1.29, 1.82) is 0 Å². The van der Waals surface area contributed by atoms with Crippen molar-refractivity contribution in [3.05, 3.63) is 35.9 Å². The van der Waals surface area contributed by atoms with Crippen LogP contribution in [-0.4, -0.2) is 30.7 Å². The minimum absolute atomic E-state index is 0.0630. The van der Waals surface area contributed by atoms with Crippen molar-refractivity contribution in [3.8, 4) is 0 Å². The molecule has 0 heterocycles. The number of carbonyl (C=O) groups excluding carboxylic acids is 3. The van der Waals surface area contributed by atoms with Crippen LogP contribution in [0.25, 0.3) is 0 Å². The van der Waals surface area contributed by atoms with Gasteiger partial charge >= 0.3 is 18.1 Å². The molecule has 0 saturated carbocycles. The molecule has 7 nitrogen and oxygen atoms in total. The first-order valence-corrected chi connectivity index (χ1v) is 5.68. The Hall–Kier alpha value is -2.41. The number of esters is 2. The van der Waals surface area contributed by atoms with Crippen molar-refractivity contribution < 1.29 is 28.6 Å². The van der Waals surface area contributed by atoms with Crippen LogP contribution in [0.5, 0.6) is 0 Å². The molecule has 0 spiro atoms. The van der Waals surface area contributed by atoms with E-state index in [0.717, 1.165) is 19.6 Å². The molecule has 0 fully saturated rings. The summed E-state index contributed by atoms with van der Waals surface area (Å²) in [5.41, 5.74) is 4.07. The fourth-order valence-electron chi connectivity index (χ4n) is 1.22. The van der Waals surface area contributed by atoms with Gasteiger partial charge in [-0.3, -0.25) is 0 Å². The fraction of sp³-hybridized carbons (Fsp3) is 0.308. The lowest BCUT2D eigenvalue weighted by Gasteiger charge is -2.18. The molecule has 2 N–H and O–H groups in total. The monoisotopic (exact) mass is 281 g/mol. The van der Waals surface area contributed by atoms with Gasteiger partial charge in [-0.1, -0.05) is 30.3 Å². The second-order valence-electron chi connectivity index (χ2n) is 4.11. The maximum absolute atomic E-state index is 11.5. The summed E-state index contributed by atoms with van der Waals surface area (Å²) < 4.78 is 13.4. The predicted octanol–water partition coefficient (Wildman–Crippen LogP) is 0.757. The highest BCUT2D eigenvalue weighted by Crippen LogP contribution is 2.07. The highest BCUT2D eigenvalue weighted by Gasteiger charge is 2.41. The zero-order valence-corrected chi connectivity index (χ0v) is 11.1. The molecule has 1 unspecified atom stereocenters. The van der Waals surface area contributed by atoms with Gasteiger partial charge in [-0.25, -0.2) is 14.4 Å². The van der Waals surface area contributed by atoms with E-state index >= 15 is 0 Å². The first kappa shape index (κ1) is 15.6. The Kier molecular flexibility index (Phi) is 5.22. The van der Waals surface area contributed by atoms with Crippen LogP contribution in [0.2, 0.25) is 0 Å². The van der Waals surface area contributed by atoms with Gasteiger partial charge in [0.05, 0.1) is 7.11 Å². The van der Waals surface area contributed by atoms with Crippen molar-refractivity contribution in [3.63, 3.8) is 0 Å². The largest absolute Gasteiger partial charge is 0.516 e. The summed E-state index contributed by atoms with van der Waals surface area (Å²) >= 11 is 0. The molecule has 0 radical (unpaired) electrons. The molecule has 0 bridgehead atoms. The van der Waals surface area contributed by atoms with Crippen LogP contribution >= 0.6 is 0 Å². The second-order valence-corrected chi connectivity index (χ2v) is 4.11. The van der Waals surface area contributed by atoms with Gasteiger partial charge in [0.25, 0.3) is 0 Å². The van der Waals surface area contributed by atoms with Gasteiger partial charge in [0.1, 0.15) is 6.61 Å². The maximum atomic E-state index is 11.5. The van der Waals surface area contributed by atoms with Crippen LogP contribution in [0.1, 0.15) is 12.5 Å². The van der Waals surface area contributed by atoms with Crippen molar-refractivity contribution in [2.75, 3.05) is 7.11 Å². The number of ether oxygens (including phenoxy) is 3. The van der Waals surface area contributed by atoms with E-state index in [1.807, 2.05) is 6.07 Å². The molecule has 1 aromatic carbocycles. The number of benzene rings is 1. The van der Waals surface area contributed by atoms with E-state index in [9.17, 15) is 14.4 Å². The molecule has 1 atom stereocenters. The Morgan fingerprint density at radius 1 is 1.15 bits per heavy atom. The number of carbonyl (C=O) groups is 3. The van der Waals surface area contributed by atoms with E-state index in [1.165, 1.54) is 0 Å². The van der Waals surface area contributed by atoms with Crippen LogP contribution in [0.15, 0.2) is 30.3 Å². The molecule has 20 heavy (non-hydrogen) atoms. The molecular weight excluding hydrogens is 266 g/mol. The first-order valence-electron chi connectivity index (χ1n) is 5.68. The lowest BCUT2D eigenvalue weighted by molar-refractivity contribution is -0.159. The number of methoxy groups -OCH3 is 1. The van der Waals surface area contributed by atoms with Crippen LogP contribution in [0.4, 0.5) is 4.79 Å². The standard InChI is InChI=1S/C13H15NO6/c1-13(14,10(15)18-2)11(16)20-12(17)19-8-9-6-4-3-5-7-9/h3-7H,8,14H2,1-2H3. The average molecular weight is 281 g/mol. The van der Waals surface area contributed by atoms with Crippen LogP contribution in [0, 0.1) is 0 Å². The minimum Gasteiger partial charge on any atom is -0.467 e. The minimum atomic E-state index is -2.07. The molecule has 0 saturated heterocycles. The van der Waals surface area contributed by atoms with Crippen molar-refractivity contribution >= 4 is 18.1 Å². The van der Waals surface area contributed by atoms with E-state index in [-0.39, 0.29) is 6.61 Å². The summed E-state index contributed by atoms with van der Waals surface area (Å²) in [5.74, 6) is -2.26. The SMILES string of the molecule is COC(=O)C(C)(N)C(=O)OC(=O)OCc1ccccc1. The zero-order valence-electron chi connectivity index (χ0n) is 11.1. The van der Waals surface area contributed by atoms with Gasteiger partial charge in [-0.05, 0) is 12.5 Å². The third kappa shape index (κ3) is 4.06. The number of rotatable bonds is 4. The highest BCUT2D eigenvalue weighted by atomic mass is 16.7. The van der Waals surface area contributed by atoms with Gasteiger partial charge in [-0.15, -0.1) is 0 Å². The maximum Gasteiger partial charge on any atom is 0.516 e. The molecule has 0 aliphatic heterocycles. The van der Waals surface area contributed by atoms with Crippen molar-refractivity contribution in [2.45, 2.75) is 19.1 Å². The normalized spacial score (nSPS) is 12.9. The summed E-state index contributed by atoms with van der Waals surface area (Å²) in [6, 6.07) is 8.81. The number of hydrogen-bond donors (Lipinski definition) is 1. The summed E-state index contributed by atoms with van der Waals surface area (Å²) in [6.07, 6.45) is -1.24. The molecule has 1 aromatic rings. The molecule has 0 amide bonds.